The third-order valence-electron chi connectivity index (χ3n) is 3.58. The average molecular weight is 342 g/mol. The van der Waals surface area contributed by atoms with Gasteiger partial charge in [-0.1, -0.05) is 30.3 Å². The van der Waals surface area contributed by atoms with Gasteiger partial charge in [-0.25, -0.2) is 10.4 Å². The Hall–Kier alpha value is -2.54. The minimum atomic E-state index is -0.0632. The van der Waals surface area contributed by atoms with Gasteiger partial charge in [0.05, 0.1) is 18.5 Å². The van der Waals surface area contributed by atoms with Crippen molar-refractivity contribution in [3.63, 3.8) is 0 Å². The number of rotatable bonds is 7. The number of nitrogens with one attached hydrogen (secondary N) is 2. The molecule has 2 heterocycles. The van der Waals surface area contributed by atoms with Crippen molar-refractivity contribution in [2.45, 2.75) is 25.7 Å². The Morgan fingerprint density at radius 2 is 2.12 bits per heavy atom. The molecule has 0 unspecified atom stereocenters. The van der Waals surface area contributed by atoms with E-state index < -0.39 is 0 Å². The van der Waals surface area contributed by atoms with Gasteiger partial charge >= 0.3 is 0 Å². The number of hydrogen-bond donors (Lipinski definition) is 2. The third kappa shape index (κ3) is 4.48. The van der Waals surface area contributed by atoms with Gasteiger partial charge in [0.2, 0.25) is 11.8 Å². The monoisotopic (exact) mass is 342 g/mol. The molecule has 7 heteroatoms. The van der Waals surface area contributed by atoms with Crippen molar-refractivity contribution in [1.29, 1.82) is 0 Å². The molecule has 0 saturated carbocycles. The predicted molar refractivity (Wildman–Crippen MR) is 93.7 cm³/mol. The van der Waals surface area contributed by atoms with Crippen LogP contribution in [0.5, 0.6) is 0 Å². The third-order valence-corrected chi connectivity index (χ3v) is 4.52. The van der Waals surface area contributed by atoms with Crippen LogP contribution in [0.15, 0.2) is 40.8 Å². The Labute approximate surface area is 144 Å². The Morgan fingerprint density at radius 3 is 2.88 bits per heavy atom. The minimum absolute atomic E-state index is 0.0394. The number of hydrogen-bond acceptors (Lipinski definition) is 5. The van der Waals surface area contributed by atoms with E-state index in [-0.39, 0.29) is 18.2 Å². The van der Waals surface area contributed by atoms with Gasteiger partial charge in [0.25, 0.3) is 0 Å². The second-order valence-corrected chi connectivity index (χ2v) is 6.39. The molecule has 0 saturated heterocycles. The minimum Gasteiger partial charge on any atom is -0.356 e. The molecular weight excluding hydrogens is 324 g/mol. The van der Waals surface area contributed by atoms with Gasteiger partial charge in [-0.3, -0.25) is 9.59 Å². The second kappa shape index (κ2) is 7.83. The summed E-state index contributed by atoms with van der Waals surface area (Å²) in [7, 11) is 0. The summed E-state index contributed by atoms with van der Waals surface area (Å²) in [6.45, 7) is 0.571. The lowest BCUT2D eigenvalue weighted by Gasteiger charge is -2.03. The van der Waals surface area contributed by atoms with Gasteiger partial charge in [0.1, 0.15) is 5.01 Å². The Bertz CT molecular complexity index is 755. The van der Waals surface area contributed by atoms with Crippen molar-refractivity contribution in [2.75, 3.05) is 6.54 Å². The van der Waals surface area contributed by atoms with E-state index in [1.54, 1.807) is 11.3 Å². The molecule has 6 nitrogen and oxygen atoms in total. The average Bonchev–Trinajstić information content (AvgIpc) is 3.22. The van der Waals surface area contributed by atoms with E-state index in [0.717, 1.165) is 28.4 Å². The fraction of sp³-hybridized carbons (Fsp3) is 0.294. The maximum Gasteiger partial charge on any atom is 0.245 e. The molecule has 0 radical (unpaired) electrons. The summed E-state index contributed by atoms with van der Waals surface area (Å²) in [4.78, 5) is 27.5. The molecule has 0 fully saturated rings. The van der Waals surface area contributed by atoms with Gasteiger partial charge in [0, 0.05) is 23.2 Å². The lowest BCUT2D eigenvalue weighted by atomic mass is 10.1. The van der Waals surface area contributed by atoms with E-state index in [2.05, 4.69) is 20.8 Å². The SMILES string of the molecule is O=C(Cc1csc(-c2ccccc2)n1)NCCCC1=NNC(=O)C1. The van der Waals surface area contributed by atoms with E-state index in [1.807, 2.05) is 35.7 Å². The molecule has 2 aromatic rings. The van der Waals surface area contributed by atoms with E-state index in [1.165, 1.54) is 0 Å². The Morgan fingerprint density at radius 1 is 1.29 bits per heavy atom. The summed E-state index contributed by atoms with van der Waals surface area (Å²) in [6, 6.07) is 9.93. The van der Waals surface area contributed by atoms with Crippen LogP contribution in [0, 0.1) is 0 Å². The first-order valence-corrected chi connectivity index (χ1v) is 8.69. The molecule has 3 rings (SSSR count). The molecule has 24 heavy (non-hydrogen) atoms. The predicted octanol–water partition coefficient (Wildman–Crippen LogP) is 2.12. The smallest absolute Gasteiger partial charge is 0.245 e. The van der Waals surface area contributed by atoms with Crippen LogP contribution in [0.3, 0.4) is 0 Å². The van der Waals surface area contributed by atoms with E-state index in [0.29, 0.717) is 19.4 Å². The summed E-state index contributed by atoms with van der Waals surface area (Å²) < 4.78 is 0. The van der Waals surface area contributed by atoms with Crippen molar-refractivity contribution in [2.24, 2.45) is 5.10 Å². The standard InChI is InChI=1S/C17H18N4O2S/c22-15(18-8-4-7-13-9-16(23)21-20-13)10-14-11-24-17(19-14)12-5-2-1-3-6-12/h1-3,5-6,11H,4,7-10H2,(H,18,22)(H,21,23). The van der Waals surface area contributed by atoms with Crippen molar-refractivity contribution in [3.8, 4) is 10.6 Å². The fourth-order valence-corrected chi connectivity index (χ4v) is 3.22. The summed E-state index contributed by atoms with van der Waals surface area (Å²) in [5.41, 5.74) is 5.12. The highest BCUT2D eigenvalue weighted by Crippen LogP contribution is 2.23. The maximum absolute atomic E-state index is 12.0. The van der Waals surface area contributed by atoms with Crippen molar-refractivity contribution in [1.82, 2.24) is 15.7 Å². The number of nitrogens with zero attached hydrogens (tertiary/aromatic N) is 2. The van der Waals surface area contributed by atoms with Gasteiger partial charge in [-0.2, -0.15) is 5.10 Å². The number of carbonyl (C=O) groups is 2. The molecule has 1 aromatic heterocycles. The first kappa shape index (κ1) is 16.3. The zero-order chi connectivity index (χ0) is 16.8. The summed E-state index contributed by atoms with van der Waals surface area (Å²) >= 11 is 1.54. The van der Waals surface area contributed by atoms with Crippen molar-refractivity contribution in [3.05, 3.63) is 41.4 Å². The Balaban J connectivity index is 1.41. The maximum atomic E-state index is 12.0. The number of carbonyl (C=O) groups excluding carboxylic acids is 2. The highest BCUT2D eigenvalue weighted by atomic mass is 32.1. The zero-order valence-corrected chi connectivity index (χ0v) is 13.9. The molecule has 1 aliphatic rings. The molecule has 0 aliphatic carbocycles. The van der Waals surface area contributed by atoms with Gasteiger partial charge in [-0.15, -0.1) is 11.3 Å². The summed E-state index contributed by atoms with van der Waals surface area (Å²) in [5.74, 6) is -0.103. The van der Waals surface area contributed by atoms with Crippen molar-refractivity contribution >= 4 is 28.9 Å². The molecule has 124 valence electrons. The van der Waals surface area contributed by atoms with E-state index in [4.69, 9.17) is 0 Å². The van der Waals surface area contributed by atoms with Gasteiger partial charge < -0.3 is 5.32 Å². The van der Waals surface area contributed by atoms with Crippen LogP contribution in [0.1, 0.15) is 25.0 Å². The normalized spacial score (nSPS) is 13.5. The zero-order valence-electron chi connectivity index (χ0n) is 13.1. The second-order valence-electron chi connectivity index (χ2n) is 5.53. The lowest BCUT2D eigenvalue weighted by Crippen LogP contribution is -2.26. The number of benzene rings is 1. The van der Waals surface area contributed by atoms with Crippen LogP contribution in [0.25, 0.3) is 10.6 Å². The topological polar surface area (TPSA) is 83.4 Å². The molecular formula is C17H18N4O2S. The van der Waals surface area contributed by atoms with E-state index in [9.17, 15) is 9.59 Å². The van der Waals surface area contributed by atoms with Crippen LogP contribution >= 0.6 is 11.3 Å². The number of hydrazone groups is 1. The fourth-order valence-electron chi connectivity index (χ4n) is 2.40. The first-order chi connectivity index (χ1) is 11.7. The number of amides is 2. The van der Waals surface area contributed by atoms with Crippen LogP contribution < -0.4 is 10.7 Å². The lowest BCUT2D eigenvalue weighted by molar-refractivity contribution is -0.120. The largest absolute Gasteiger partial charge is 0.356 e. The van der Waals surface area contributed by atoms with Gasteiger partial charge in [0.15, 0.2) is 0 Å². The Kier molecular flexibility index (Phi) is 5.32. The summed E-state index contributed by atoms with van der Waals surface area (Å²) in [5, 5.41) is 9.66. The van der Waals surface area contributed by atoms with Crippen LogP contribution in [0.4, 0.5) is 0 Å². The van der Waals surface area contributed by atoms with Crippen LogP contribution in [-0.2, 0) is 16.0 Å². The highest BCUT2D eigenvalue weighted by Gasteiger charge is 2.14. The molecule has 1 aromatic carbocycles. The molecule has 2 amide bonds. The van der Waals surface area contributed by atoms with Gasteiger partial charge in [-0.05, 0) is 12.8 Å². The van der Waals surface area contributed by atoms with Crippen LogP contribution in [0.2, 0.25) is 0 Å². The molecule has 0 bridgehead atoms. The highest BCUT2D eigenvalue weighted by molar-refractivity contribution is 7.13. The number of aromatic nitrogens is 1. The number of thiazole rings is 1. The molecule has 0 spiro atoms. The van der Waals surface area contributed by atoms with E-state index >= 15 is 0 Å². The molecule has 1 aliphatic heterocycles. The van der Waals surface area contributed by atoms with Crippen molar-refractivity contribution < 1.29 is 9.59 Å². The summed E-state index contributed by atoms with van der Waals surface area (Å²) in [6.07, 6.45) is 2.14. The molecule has 2 N–H and O–H groups in total. The molecule has 0 atom stereocenters. The first-order valence-electron chi connectivity index (χ1n) is 7.81. The quantitative estimate of drug-likeness (QED) is 0.756. The van der Waals surface area contributed by atoms with Crippen LogP contribution in [-0.4, -0.2) is 29.1 Å².